The SMILES string of the molecule is CC(OC(=O)COc1ccc(C=O)cc1)C(=O)Nc1cc(Cl)ccc1Cl. The number of hydrogen-bond acceptors (Lipinski definition) is 5. The number of esters is 1. The minimum absolute atomic E-state index is 0.309. The molecular weight excluding hydrogens is 381 g/mol. The first-order valence-corrected chi connectivity index (χ1v) is 8.28. The van der Waals surface area contributed by atoms with Crippen LogP contribution in [0.1, 0.15) is 17.3 Å². The highest BCUT2D eigenvalue weighted by Crippen LogP contribution is 2.25. The number of benzene rings is 2. The lowest BCUT2D eigenvalue weighted by atomic mass is 10.2. The van der Waals surface area contributed by atoms with Crippen LogP contribution in [0.2, 0.25) is 10.0 Å². The zero-order valence-corrected chi connectivity index (χ0v) is 15.2. The number of aldehydes is 1. The topological polar surface area (TPSA) is 81.7 Å². The van der Waals surface area contributed by atoms with Gasteiger partial charge in [-0.1, -0.05) is 23.2 Å². The van der Waals surface area contributed by atoms with E-state index in [2.05, 4.69) is 5.32 Å². The fourth-order valence-corrected chi connectivity index (χ4v) is 2.23. The monoisotopic (exact) mass is 395 g/mol. The van der Waals surface area contributed by atoms with Gasteiger partial charge in [-0.3, -0.25) is 9.59 Å². The molecule has 1 N–H and O–H groups in total. The number of nitrogens with one attached hydrogen (secondary N) is 1. The first-order chi connectivity index (χ1) is 12.4. The van der Waals surface area contributed by atoms with Gasteiger partial charge in [0.15, 0.2) is 12.7 Å². The Morgan fingerprint density at radius 3 is 2.50 bits per heavy atom. The molecule has 8 heteroatoms. The molecule has 2 rings (SSSR count). The molecule has 2 aromatic rings. The van der Waals surface area contributed by atoms with Crippen LogP contribution in [0.4, 0.5) is 5.69 Å². The third-order valence-electron chi connectivity index (χ3n) is 3.24. The van der Waals surface area contributed by atoms with E-state index in [-0.39, 0.29) is 6.61 Å². The summed E-state index contributed by atoms with van der Waals surface area (Å²) in [7, 11) is 0. The molecule has 0 aromatic heterocycles. The number of rotatable bonds is 7. The first kappa shape index (κ1) is 19.8. The number of anilines is 1. The van der Waals surface area contributed by atoms with Crippen LogP contribution in [-0.2, 0) is 14.3 Å². The van der Waals surface area contributed by atoms with Gasteiger partial charge in [0.25, 0.3) is 5.91 Å². The number of ether oxygens (including phenoxy) is 2. The molecule has 1 unspecified atom stereocenters. The Hall–Kier alpha value is -2.57. The van der Waals surface area contributed by atoms with E-state index in [0.29, 0.717) is 33.3 Å². The fourth-order valence-electron chi connectivity index (χ4n) is 1.90. The lowest BCUT2D eigenvalue weighted by molar-refractivity contribution is -0.155. The zero-order valence-electron chi connectivity index (χ0n) is 13.7. The van der Waals surface area contributed by atoms with Crippen LogP contribution in [0.5, 0.6) is 5.75 Å². The molecule has 6 nitrogen and oxygen atoms in total. The molecule has 2 aromatic carbocycles. The van der Waals surface area contributed by atoms with Crippen LogP contribution in [0.3, 0.4) is 0 Å². The van der Waals surface area contributed by atoms with Crippen LogP contribution >= 0.6 is 23.2 Å². The first-order valence-electron chi connectivity index (χ1n) is 7.52. The lowest BCUT2D eigenvalue weighted by Crippen LogP contribution is -2.31. The van der Waals surface area contributed by atoms with Gasteiger partial charge < -0.3 is 14.8 Å². The molecule has 0 fully saturated rings. The van der Waals surface area contributed by atoms with Crippen molar-refractivity contribution in [1.29, 1.82) is 0 Å². The molecule has 0 aliphatic rings. The van der Waals surface area contributed by atoms with Crippen molar-refractivity contribution in [3.8, 4) is 5.75 Å². The lowest BCUT2D eigenvalue weighted by Gasteiger charge is -2.14. The maximum atomic E-state index is 12.1. The van der Waals surface area contributed by atoms with Crippen LogP contribution in [0, 0.1) is 0 Å². The molecule has 1 amide bonds. The smallest absolute Gasteiger partial charge is 0.344 e. The molecular formula is C18H15Cl2NO5. The number of hydrogen-bond donors (Lipinski definition) is 1. The van der Waals surface area contributed by atoms with Crippen molar-refractivity contribution in [3.05, 3.63) is 58.1 Å². The fraction of sp³-hybridized carbons (Fsp3) is 0.167. The van der Waals surface area contributed by atoms with E-state index in [1.807, 2.05) is 0 Å². The Morgan fingerprint density at radius 2 is 1.85 bits per heavy atom. The minimum Gasteiger partial charge on any atom is -0.482 e. The standard InChI is InChI=1S/C18H15Cl2NO5/c1-11(18(24)21-16-8-13(19)4-7-15(16)20)26-17(23)10-25-14-5-2-12(9-22)3-6-14/h2-9,11H,10H2,1H3,(H,21,24). The Balaban J connectivity index is 1.84. The van der Waals surface area contributed by atoms with Crippen LogP contribution < -0.4 is 10.1 Å². The average Bonchev–Trinajstić information content (AvgIpc) is 2.63. The summed E-state index contributed by atoms with van der Waals surface area (Å²) in [6, 6.07) is 10.8. The number of carbonyl (C=O) groups is 3. The molecule has 26 heavy (non-hydrogen) atoms. The van der Waals surface area contributed by atoms with E-state index >= 15 is 0 Å². The summed E-state index contributed by atoms with van der Waals surface area (Å²) in [5, 5.41) is 3.25. The van der Waals surface area contributed by atoms with E-state index < -0.39 is 18.0 Å². The van der Waals surface area contributed by atoms with Crippen LogP contribution in [0.15, 0.2) is 42.5 Å². The predicted octanol–water partition coefficient (Wildman–Crippen LogP) is 3.76. The molecule has 0 saturated heterocycles. The van der Waals surface area contributed by atoms with E-state index in [1.165, 1.54) is 13.0 Å². The number of carbonyl (C=O) groups excluding carboxylic acids is 3. The number of halogens is 2. The predicted molar refractivity (Wildman–Crippen MR) is 98.0 cm³/mol. The van der Waals surface area contributed by atoms with Gasteiger partial charge in [0.2, 0.25) is 0 Å². The Bertz CT molecular complexity index is 808. The summed E-state index contributed by atoms with van der Waals surface area (Å²) in [6.07, 6.45) is -0.358. The van der Waals surface area contributed by atoms with Gasteiger partial charge in [-0.2, -0.15) is 0 Å². The minimum atomic E-state index is -1.06. The maximum absolute atomic E-state index is 12.1. The summed E-state index contributed by atoms with van der Waals surface area (Å²) < 4.78 is 10.3. The van der Waals surface area contributed by atoms with E-state index in [4.69, 9.17) is 32.7 Å². The van der Waals surface area contributed by atoms with Crippen LogP contribution in [-0.4, -0.2) is 30.9 Å². The van der Waals surface area contributed by atoms with E-state index in [1.54, 1.807) is 36.4 Å². The summed E-state index contributed by atoms with van der Waals surface area (Å²) in [5.41, 5.74) is 0.809. The second-order valence-corrected chi connectivity index (χ2v) is 6.06. The van der Waals surface area contributed by atoms with Gasteiger partial charge in [-0.25, -0.2) is 4.79 Å². The zero-order chi connectivity index (χ0) is 19.1. The second-order valence-electron chi connectivity index (χ2n) is 5.22. The quantitative estimate of drug-likeness (QED) is 0.570. The van der Waals surface area contributed by atoms with Crippen molar-refractivity contribution < 1.29 is 23.9 Å². The van der Waals surface area contributed by atoms with Gasteiger partial charge in [0.05, 0.1) is 10.7 Å². The van der Waals surface area contributed by atoms with Gasteiger partial charge in [0, 0.05) is 10.6 Å². The van der Waals surface area contributed by atoms with Gasteiger partial charge >= 0.3 is 5.97 Å². The van der Waals surface area contributed by atoms with E-state index in [0.717, 1.165) is 0 Å². The van der Waals surface area contributed by atoms with Crippen molar-refractivity contribution in [3.63, 3.8) is 0 Å². The van der Waals surface area contributed by atoms with Gasteiger partial charge in [0.1, 0.15) is 12.0 Å². The molecule has 0 radical (unpaired) electrons. The molecule has 0 bridgehead atoms. The highest BCUT2D eigenvalue weighted by Gasteiger charge is 2.19. The Morgan fingerprint density at radius 1 is 1.15 bits per heavy atom. The Kier molecular flexibility index (Phi) is 7.00. The molecule has 0 aliphatic heterocycles. The highest BCUT2D eigenvalue weighted by atomic mass is 35.5. The summed E-state index contributed by atoms with van der Waals surface area (Å²) in [6.45, 7) is 1.04. The summed E-state index contributed by atoms with van der Waals surface area (Å²) in [5.74, 6) is -0.877. The van der Waals surface area contributed by atoms with Crippen molar-refractivity contribution in [2.45, 2.75) is 13.0 Å². The average molecular weight is 396 g/mol. The number of amides is 1. The summed E-state index contributed by atoms with van der Waals surface area (Å²) in [4.78, 5) is 34.5. The third-order valence-corrected chi connectivity index (χ3v) is 3.80. The van der Waals surface area contributed by atoms with E-state index in [9.17, 15) is 14.4 Å². The second kappa shape index (κ2) is 9.22. The van der Waals surface area contributed by atoms with Crippen molar-refractivity contribution in [2.24, 2.45) is 0 Å². The van der Waals surface area contributed by atoms with Gasteiger partial charge in [-0.15, -0.1) is 0 Å². The third kappa shape index (κ3) is 5.75. The maximum Gasteiger partial charge on any atom is 0.344 e. The van der Waals surface area contributed by atoms with Crippen LogP contribution in [0.25, 0.3) is 0 Å². The molecule has 0 spiro atoms. The van der Waals surface area contributed by atoms with Crippen molar-refractivity contribution in [1.82, 2.24) is 0 Å². The normalized spacial score (nSPS) is 11.3. The highest BCUT2D eigenvalue weighted by molar-refractivity contribution is 6.35. The van der Waals surface area contributed by atoms with Crippen molar-refractivity contribution in [2.75, 3.05) is 11.9 Å². The molecule has 136 valence electrons. The Labute approximate surface area is 160 Å². The van der Waals surface area contributed by atoms with Crippen molar-refractivity contribution >= 4 is 47.1 Å². The largest absolute Gasteiger partial charge is 0.482 e. The summed E-state index contributed by atoms with van der Waals surface area (Å²) >= 11 is 11.8. The molecule has 1 atom stereocenters. The molecule has 0 saturated carbocycles. The molecule has 0 aliphatic carbocycles. The van der Waals surface area contributed by atoms with Gasteiger partial charge in [-0.05, 0) is 49.4 Å². The molecule has 0 heterocycles.